The molecule has 7 nitrogen and oxygen atoms in total. The average molecular weight is 428 g/mol. The second-order valence-corrected chi connectivity index (χ2v) is 8.25. The van der Waals surface area contributed by atoms with Crippen LogP contribution in [0.1, 0.15) is 47.4 Å². The first kappa shape index (κ1) is 21.0. The molecule has 0 saturated carbocycles. The van der Waals surface area contributed by atoms with Gasteiger partial charge in [-0.15, -0.1) is 22.6 Å². The SMILES string of the molecule is Cc1nn(-c2ccccc2)c(C)c1CN1CCC(c2nnc3n2CCNC3)CC1.Cl. The summed E-state index contributed by atoms with van der Waals surface area (Å²) >= 11 is 0. The maximum absolute atomic E-state index is 4.81. The minimum Gasteiger partial charge on any atom is -0.312 e. The van der Waals surface area contributed by atoms with E-state index in [0.29, 0.717) is 5.92 Å². The van der Waals surface area contributed by atoms with Gasteiger partial charge in [0.1, 0.15) is 11.6 Å². The summed E-state index contributed by atoms with van der Waals surface area (Å²) in [7, 11) is 0. The number of hydrogen-bond donors (Lipinski definition) is 1. The Kier molecular flexibility index (Phi) is 6.22. The fourth-order valence-electron chi connectivity index (χ4n) is 4.71. The van der Waals surface area contributed by atoms with Crippen molar-refractivity contribution in [2.24, 2.45) is 0 Å². The van der Waals surface area contributed by atoms with Crippen LogP contribution in [0.4, 0.5) is 0 Å². The van der Waals surface area contributed by atoms with Crippen LogP contribution in [0, 0.1) is 13.8 Å². The third-order valence-corrected chi connectivity index (χ3v) is 6.43. The lowest BCUT2D eigenvalue weighted by Gasteiger charge is -2.32. The molecule has 0 bridgehead atoms. The van der Waals surface area contributed by atoms with Gasteiger partial charge in [0.05, 0.1) is 17.9 Å². The molecule has 0 spiro atoms. The van der Waals surface area contributed by atoms with Crippen molar-refractivity contribution < 1.29 is 0 Å². The summed E-state index contributed by atoms with van der Waals surface area (Å²) in [6.07, 6.45) is 2.30. The zero-order chi connectivity index (χ0) is 19.8. The summed E-state index contributed by atoms with van der Waals surface area (Å²) in [5, 5.41) is 17.1. The molecule has 0 unspecified atom stereocenters. The Hall–Kier alpha value is -2.22. The molecule has 2 aromatic heterocycles. The molecule has 1 fully saturated rings. The van der Waals surface area contributed by atoms with Crippen LogP contribution in [0.5, 0.6) is 0 Å². The van der Waals surface area contributed by atoms with Crippen LogP contribution in [0.3, 0.4) is 0 Å². The van der Waals surface area contributed by atoms with Gasteiger partial charge >= 0.3 is 0 Å². The Morgan fingerprint density at radius 1 is 1.03 bits per heavy atom. The average Bonchev–Trinajstić information content (AvgIpc) is 3.31. The molecule has 2 aliphatic heterocycles. The first-order chi connectivity index (χ1) is 14.2. The quantitative estimate of drug-likeness (QED) is 0.693. The molecular weight excluding hydrogens is 398 g/mol. The molecule has 160 valence electrons. The number of halogens is 1. The normalized spacial score (nSPS) is 17.5. The van der Waals surface area contributed by atoms with Gasteiger partial charge in [0.2, 0.25) is 0 Å². The minimum atomic E-state index is 0. The van der Waals surface area contributed by atoms with E-state index in [1.54, 1.807) is 0 Å². The van der Waals surface area contributed by atoms with Gasteiger partial charge in [-0.05, 0) is 51.9 Å². The van der Waals surface area contributed by atoms with Crippen molar-refractivity contribution in [3.05, 3.63) is 58.9 Å². The summed E-state index contributed by atoms with van der Waals surface area (Å²) in [4.78, 5) is 2.57. The number of aryl methyl sites for hydroxylation is 1. The Balaban J connectivity index is 0.00000218. The second-order valence-electron chi connectivity index (χ2n) is 8.25. The van der Waals surface area contributed by atoms with Gasteiger partial charge in [-0.3, -0.25) is 4.90 Å². The highest BCUT2D eigenvalue weighted by atomic mass is 35.5. The first-order valence-corrected chi connectivity index (χ1v) is 10.7. The molecule has 0 atom stereocenters. The number of para-hydroxylation sites is 1. The number of nitrogens with zero attached hydrogens (tertiary/aromatic N) is 6. The second kappa shape index (κ2) is 8.88. The van der Waals surface area contributed by atoms with Crippen molar-refractivity contribution in [3.63, 3.8) is 0 Å². The number of likely N-dealkylation sites (tertiary alicyclic amines) is 1. The van der Waals surface area contributed by atoms with E-state index in [2.05, 4.69) is 67.8 Å². The summed E-state index contributed by atoms with van der Waals surface area (Å²) in [5.41, 5.74) is 4.87. The number of aromatic nitrogens is 5. The van der Waals surface area contributed by atoms with Crippen LogP contribution >= 0.6 is 12.4 Å². The number of fused-ring (bicyclic) bond motifs is 1. The van der Waals surface area contributed by atoms with Crippen molar-refractivity contribution in [3.8, 4) is 5.69 Å². The van der Waals surface area contributed by atoms with Crippen LogP contribution in [0.25, 0.3) is 5.69 Å². The molecule has 8 heteroatoms. The summed E-state index contributed by atoms with van der Waals surface area (Å²) < 4.78 is 4.42. The van der Waals surface area contributed by atoms with Crippen molar-refractivity contribution in [1.29, 1.82) is 0 Å². The number of nitrogens with one attached hydrogen (secondary N) is 1. The molecule has 3 aromatic rings. The highest BCUT2D eigenvalue weighted by molar-refractivity contribution is 5.85. The number of piperidine rings is 1. The van der Waals surface area contributed by atoms with Crippen molar-refractivity contribution >= 4 is 12.4 Å². The van der Waals surface area contributed by atoms with Gasteiger partial charge in [-0.25, -0.2) is 4.68 Å². The predicted molar refractivity (Wildman–Crippen MR) is 119 cm³/mol. The highest BCUT2D eigenvalue weighted by Gasteiger charge is 2.27. The molecule has 0 aliphatic carbocycles. The molecule has 1 aromatic carbocycles. The Morgan fingerprint density at radius 2 is 1.80 bits per heavy atom. The van der Waals surface area contributed by atoms with E-state index in [0.717, 1.165) is 69.3 Å². The monoisotopic (exact) mass is 427 g/mol. The van der Waals surface area contributed by atoms with Crippen LogP contribution < -0.4 is 5.32 Å². The molecule has 0 radical (unpaired) electrons. The Morgan fingerprint density at radius 3 is 2.57 bits per heavy atom. The van der Waals surface area contributed by atoms with Crippen molar-refractivity contribution in [2.45, 2.75) is 52.2 Å². The molecule has 2 aliphatic rings. The Bertz CT molecular complexity index is 987. The van der Waals surface area contributed by atoms with E-state index < -0.39 is 0 Å². The first-order valence-electron chi connectivity index (χ1n) is 10.7. The lowest BCUT2D eigenvalue weighted by atomic mass is 9.95. The van der Waals surface area contributed by atoms with Gasteiger partial charge in [0.15, 0.2) is 0 Å². The van der Waals surface area contributed by atoms with Crippen molar-refractivity contribution in [2.75, 3.05) is 19.6 Å². The Labute approximate surface area is 183 Å². The molecule has 0 amide bonds. The molecule has 30 heavy (non-hydrogen) atoms. The molecule has 4 heterocycles. The molecular formula is C22H30ClN7. The zero-order valence-electron chi connectivity index (χ0n) is 17.7. The number of hydrogen-bond acceptors (Lipinski definition) is 5. The fraction of sp³-hybridized carbons (Fsp3) is 0.500. The zero-order valence-corrected chi connectivity index (χ0v) is 18.5. The van der Waals surface area contributed by atoms with Gasteiger partial charge in [-0.2, -0.15) is 5.10 Å². The molecule has 1 saturated heterocycles. The smallest absolute Gasteiger partial charge is 0.147 e. The summed E-state index contributed by atoms with van der Waals surface area (Å²) in [6, 6.07) is 10.4. The van der Waals surface area contributed by atoms with E-state index >= 15 is 0 Å². The van der Waals surface area contributed by atoms with Gasteiger partial charge in [-0.1, -0.05) is 18.2 Å². The maximum Gasteiger partial charge on any atom is 0.147 e. The minimum absolute atomic E-state index is 0. The van der Waals surface area contributed by atoms with Gasteiger partial charge in [0, 0.05) is 36.8 Å². The van der Waals surface area contributed by atoms with Gasteiger partial charge in [0.25, 0.3) is 0 Å². The topological polar surface area (TPSA) is 63.8 Å². The van der Waals surface area contributed by atoms with E-state index in [4.69, 9.17) is 5.10 Å². The van der Waals surface area contributed by atoms with Gasteiger partial charge < -0.3 is 9.88 Å². The van der Waals surface area contributed by atoms with E-state index in [-0.39, 0.29) is 12.4 Å². The lowest BCUT2D eigenvalue weighted by Crippen LogP contribution is -2.35. The van der Waals surface area contributed by atoms with E-state index in [1.165, 1.54) is 17.1 Å². The van der Waals surface area contributed by atoms with Crippen LogP contribution in [0.15, 0.2) is 30.3 Å². The van der Waals surface area contributed by atoms with Crippen LogP contribution in [-0.2, 0) is 19.6 Å². The van der Waals surface area contributed by atoms with Crippen molar-refractivity contribution in [1.82, 2.24) is 34.8 Å². The van der Waals surface area contributed by atoms with E-state index in [9.17, 15) is 0 Å². The molecule has 5 rings (SSSR count). The van der Waals surface area contributed by atoms with Crippen LogP contribution in [0.2, 0.25) is 0 Å². The van der Waals surface area contributed by atoms with Crippen LogP contribution in [-0.4, -0.2) is 49.1 Å². The standard InChI is InChI=1S/C22H29N7.ClH/c1-16-20(17(2)29(26-16)19-6-4-3-5-7-19)15-27-11-8-18(9-12-27)22-25-24-21-14-23-10-13-28(21)22;/h3-7,18,23H,8-15H2,1-2H3;1H. The summed E-state index contributed by atoms with van der Waals surface area (Å²) in [6.45, 7) is 10.3. The predicted octanol–water partition coefficient (Wildman–Crippen LogP) is 2.99. The summed E-state index contributed by atoms with van der Waals surface area (Å²) in [5.74, 6) is 2.82. The third kappa shape index (κ3) is 3.89. The largest absolute Gasteiger partial charge is 0.312 e. The highest BCUT2D eigenvalue weighted by Crippen LogP contribution is 2.29. The third-order valence-electron chi connectivity index (χ3n) is 6.43. The lowest BCUT2D eigenvalue weighted by molar-refractivity contribution is 0.199. The number of rotatable bonds is 4. The molecule has 1 N–H and O–H groups in total. The maximum atomic E-state index is 4.81. The number of benzene rings is 1. The van der Waals surface area contributed by atoms with E-state index in [1.807, 2.05) is 6.07 Å². The fourth-order valence-corrected chi connectivity index (χ4v) is 4.71.